The van der Waals surface area contributed by atoms with Gasteiger partial charge in [0.05, 0.1) is 11.8 Å². The second-order valence-electron chi connectivity index (χ2n) is 3.54. The zero-order valence-electron chi connectivity index (χ0n) is 9.31. The van der Waals surface area contributed by atoms with Crippen molar-refractivity contribution in [1.29, 1.82) is 0 Å². The molecule has 0 aromatic carbocycles. The minimum atomic E-state index is -1.11. The summed E-state index contributed by atoms with van der Waals surface area (Å²) in [6.07, 6.45) is 3.10. The van der Waals surface area contributed by atoms with Gasteiger partial charge in [-0.05, 0) is 12.5 Å². The fraction of sp³-hybridized carbons (Fsp3) is 0.364. The van der Waals surface area contributed by atoms with Crippen LogP contribution in [0.1, 0.15) is 30.1 Å². The maximum absolute atomic E-state index is 12.8. The lowest BCUT2D eigenvalue weighted by molar-refractivity contribution is -0.139. The van der Waals surface area contributed by atoms with Crippen LogP contribution in [0.3, 0.4) is 0 Å². The lowest BCUT2D eigenvalue weighted by Gasteiger charge is -2.13. The smallest absolute Gasteiger partial charge is 0.326 e. The number of nitrogens with one attached hydrogen (secondary N) is 1. The predicted octanol–water partition coefficient (Wildman–Crippen LogP) is 1.20. The third kappa shape index (κ3) is 3.82. The van der Waals surface area contributed by atoms with Gasteiger partial charge in [0.25, 0.3) is 5.91 Å². The molecular formula is C11H13FN2O3. The molecule has 0 spiro atoms. The topological polar surface area (TPSA) is 79.3 Å². The number of carbonyl (C=O) groups excluding carboxylic acids is 1. The number of halogens is 1. The molecule has 1 atom stereocenters. The molecule has 1 aromatic rings. The maximum atomic E-state index is 12.8. The summed E-state index contributed by atoms with van der Waals surface area (Å²) in [5, 5.41) is 11.2. The Hall–Kier alpha value is -1.98. The molecule has 0 saturated heterocycles. The summed E-state index contributed by atoms with van der Waals surface area (Å²) in [6, 6.07) is 0.0449. The van der Waals surface area contributed by atoms with Crippen LogP contribution in [-0.4, -0.2) is 28.0 Å². The number of aromatic nitrogens is 1. The van der Waals surface area contributed by atoms with E-state index >= 15 is 0 Å². The highest BCUT2D eigenvalue weighted by molar-refractivity contribution is 5.96. The Bertz CT molecular complexity index is 423. The molecule has 0 fully saturated rings. The summed E-state index contributed by atoms with van der Waals surface area (Å²) < 4.78 is 12.8. The van der Waals surface area contributed by atoms with E-state index in [1.54, 1.807) is 0 Å². The Balaban J connectivity index is 2.73. The van der Waals surface area contributed by atoms with Crippen LogP contribution in [0, 0.1) is 5.82 Å². The number of aliphatic carboxylic acids is 1. The Morgan fingerprint density at radius 3 is 2.76 bits per heavy atom. The molecule has 6 heteroatoms. The van der Waals surface area contributed by atoms with E-state index in [9.17, 15) is 14.0 Å². The van der Waals surface area contributed by atoms with Crippen molar-refractivity contribution in [2.75, 3.05) is 0 Å². The number of pyridine rings is 1. The number of carboxylic acid groups (broad SMARTS) is 1. The summed E-state index contributed by atoms with van der Waals surface area (Å²) >= 11 is 0. The molecule has 1 amide bonds. The Morgan fingerprint density at radius 2 is 2.24 bits per heavy atom. The molecule has 1 rings (SSSR count). The van der Waals surface area contributed by atoms with Crippen molar-refractivity contribution >= 4 is 11.9 Å². The molecule has 5 nitrogen and oxygen atoms in total. The number of hydrogen-bond donors (Lipinski definition) is 2. The highest BCUT2D eigenvalue weighted by Crippen LogP contribution is 2.03. The van der Waals surface area contributed by atoms with Gasteiger partial charge in [-0.1, -0.05) is 13.3 Å². The van der Waals surface area contributed by atoms with Crippen molar-refractivity contribution < 1.29 is 19.1 Å². The number of nitrogens with zero attached hydrogens (tertiary/aromatic N) is 1. The minimum Gasteiger partial charge on any atom is -0.480 e. The van der Waals surface area contributed by atoms with Crippen molar-refractivity contribution in [2.45, 2.75) is 25.8 Å². The first-order valence-corrected chi connectivity index (χ1v) is 5.18. The van der Waals surface area contributed by atoms with Crippen LogP contribution >= 0.6 is 0 Å². The maximum Gasteiger partial charge on any atom is 0.326 e. The fourth-order valence-electron chi connectivity index (χ4n) is 1.32. The van der Waals surface area contributed by atoms with Crippen LogP contribution in [0.15, 0.2) is 18.5 Å². The SMILES string of the molecule is CCCC(NC(=O)c1cncc(F)c1)C(=O)O. The van der Waals surface area contributed by atoms with Crippen molar-refractivity contribution in [3.8, 4) is 0 Å². The van der Waals surface area contributed by atoms with E-state index in [4.69, 9.17) is 5.11 Å². The average molecular weight is 240 g/mol. The number of hydrogen-bond acceptors (Lipinski definition) is 3. The van der Waals surface area contributed by atoms with Gasteiger partial charge in [0, 0.05) is 6.20 Å². The molecular weight excluding hydrogens is 227 g/mol. The molecule has 1 heterocycles. The van der Waals surface area contributed by atoms with E-state index in [1.807, 2.05) is 6.92 Å². The lowest BCUT2D eigenvalue weighted by Crippen LogP contribution is -2.40. The summed E-state index contributed by atoms with van der Waals surface area (Å²) in [7, 11) is 0. The quantitative estimate of drug-likeness (QED) is 0.810. The monoisotopic (exact) mass is 240 g/mol. The first-order valence-electron chi connectivity index (χ1n) is 5.18. The number of carbonyl (C=O) groups is 2. The Labute approximate surface area is 97.7 Å². The molecule has 2 N–H and O–H groups in total. The van der Waals surface area contributed by atoms with E-state index < -0.39 is 23.7 Å². The zero-order chi connectivity index (χ0) is 12.8. The molecule has 0 bridgehead atoms. The van der Waals surface area contributed by atoms with Crippen LogP contribution < -0.4 is 5.32 Å². The normalized spacial score (nSPS) is 11.9. The zero-order valence-corrected chi connectivity index (χ0v) is 9.31. The third-order valence-corrected chi connectivity index (χ3v) is 2.15. The van der Waals surface area contributed by atoms with Crippen molar-refractivity contribution in [3.63, 3.8) is 0 Å². The van der Waals surface area contributed by atoms with Crippen LogP contribution in [-0.2, 0) is 4.79 Å². The molecule has 1 unspecified atom stereocenters. The second-order valence-corrected chi connectivity index (χ2v) is 3.54. The van der Waals surface area contributed by atoms with E-state index in [-0.39, 0.29) is 5.56 Å². The third-order valence-electron chi connectivity index (χ3n) is 2.15. The van der Waals surface area contributed by atoms with Crippen LogP contribution in [0.5, 0.6) is 0 Å². The summed E-state index contributed by atoms with van der Waals surface area (Å²) in [5.41, 5.74) is 0.00681. The van der Waals surface area contributed by atoms with Crippen molar-refractivity contribution in [3.05, 3.63) is 29.8 Å². The molecule has 92 valence electrons. The van der Waals surface area contributed by atoms with Crippen molar-refractivity contribution in [2.24, 2.45) is 0 Å². The van der Waals surface area contributed by atoms with Gasteiger partial charge in [-0.3, -0.25) is 9.78 Å². The lowest BCUT2D eigenvalue weighted by atomic mass is 10.1. The molecule has 1 aromatic heterocycles. The van der Waals surface area contributed by atoms with Crippen molar-refractivity contribution in [1.82, 2.24) is 10.3 Å². The molecule has 0 saturated carbocycles. The number of carboxylic acids is 1. The number of amides is 1. The van der Waals surface area contributed by atoms with E-state index in [1.165, 1.54) is 6.20 Å². The standard InChI is InChI=1S/C11H13FN2O3/c1-2-3-9(11(16)17)14-10(15)7-4-8(12)6-13-5-7/h4-6,9H,2-3H2,1H3,(H,14,15)(H,16,17). The molecule has 0 aliphatic rings. The highest BCUT2D eigenvalue weighted by atomic mass is 19.1. The first kappa shape index (κ1) is 13.1. The van der Waals surface area contributed by atoms with Crippen LogP contribution in [0.2, 0.25) is 0 Å². The summed E-state index contributed by atoms with van der Waals surface area (Å²) in [5.74, 6) is -2.39. The van der Waals surface area contributed by atoms with E-state index in [2.05, 4.69) is 10.3 Å². The predicted molar refractivity (Wildman–Crippen MR) is 58.0 cm³/mol. The summed E-state index contributed by atoms with van der Waals surface area (Å²) in [6.45, 7) is 1.81. The minimum absolute atomic E-state index is 0.00681. The fourth-order valence-corrected chi connectivity index (χ4v) is 1.32. The Kier molecular flexibility index (Phi) is 4.56. The highest BCUT2D eigenvalue weighted by Gasteiger charge is 2.19. The first-order chi connectivity index (χ1) is 8.04. The van der Waals surface area contributed by atoms with Gasteiger partial charge in [-0.2, -0.15) is 0 Å². The van der Waals surface area contributed by atoms with E-state index in [0.29, 0.717) is 12.8 Å². The van der Waals surface area contributed by atoms with Gasteiger partial charge < -0.3 is 10.4 Å². The average Bonchev–Trinajstić information content (AvgIpc) is 2.28. The summed E-state index contributed by atoms with van der Waals surface area (Å²) in [4.78, 5) is 25.9. The van der Waals surface area contributed by atoms with Gasteiger partial charge in [-0.25, -0.2) is 9.18 Å². The molecule has 0 radical (unpaired) electrons. The van der Waals surface area contributed by atoms with Gasteiger partial charge >= 0.3 is 5.97 Å². The second kappa shape index (κ2) is 5.93. The van der Waals surface area contributed by atoms with Gasteiger partial charge in [-0.15, -0.1) is 0 Å². The van der Waals surface area contributed by atoms with Gasteiger partial charge in [0.2, 0.25) is 0 Å². The molecule has 17 heavy (non-hydrogen) atoms. The van der Waals surface area contributed by atoms with Gasteiger partial charge in [0.1, 0.15) is 11.9 Å². The van der Waals surface area contributed by atoms with Gasteiger partial charge in [0.15, 0.2) is 0 Å². The van der Waals surface area contributed by atoms with Crippen LogP contribution in [0.25, 0.3) is 0 Å². The molecule has 0 aliphatic heterocycles. The number of rotatable bonds is 5. The van der Waals surface area contributed by atoms with E-state index in [0.717, 1.165) is 12.3 Å². The Morgan fingerprint density at radius 1 is 1.53 bits per heavy atom. The largest absolute Gasteiger partial charge is 0.480 e. The molecule has 0 aliphatic carbocycles. The van der Waals surface area contributed by atoms with Crippen LogP contribution in [0.4, 0.5) is 4.39 Å².